The molecule has 3 aliphatic rings. The van der Waals surface area contributed by atoms with Crippen LogP contribution in [0.4, 0.5) is 11.6 Å². The molecule has 12 heteroatoms. The average molecular weight is 668 g/mol. The quantitative estimate of drug-likeness (QED) is 0.368. The zero-order valence-corrected chi connectivity index (χ0v) is 29.5. The molecule has 2 amide bonds. The van der Waals surface area contributed by atoms with E-state index in [-0.39, 0.29) is 23.7 Å². The van der Waals surface area contributed by atoms with E-state index in [0.29, 0.717) is 50.6 Å². The summed E-state index contributed by atoms with van der Waals surface area (Å²) in [6.45, 7) is 13.8. The molecule has 5 rings (SSSR count). The van der Waals surface area contributed by atoms with Gasteiger partial charge in [0.05, 0.1) is 11.3 Å². The topological polar surface area (TPSA) is 165 Å². The Morgan fingerprint density at radius 3 is 2.38 bits per heavy atom. The van der Waals surface area contributed by atoms with Crippen molar-refractivity contribution < 1.29 is 19.4 Å². The Bertz CT molecular complexity index is 1680. The lowest BCUT2D eigenvalue weighted by atomic mass is 9.83. The molecule has 1 aliphatic carbocycles. The molecule has 5 N–H and O–H groups in total. The second-order valence-corrected chi connectivity index (χ2v) is 17.2. The van der Waals surface area contributed by atoms with Gasteiger partial charge in [0.2, 0.25) is 5.91 Å². The summed E-state index contributed by atoms with van der Waals surface area (Å²) in [4.78, 5) is 40.3. The van der Waals surface area contributed by atoms with Crippen molar-refractivity contribution in [3.05, 3.63) is 47.2 Å². The second-order valence-electron chi connectivity index (χ2n) is 15.6. The molecule has 1 saturated heterocycles. The number of nitrogen functional groups attached to an aromatic ring is 1. The number of carbonyl (C=O) groups excluding carboxylic acids is 2. The Hall–Kier alpha value is -3.51. The van der Waals surface area contributed by atoms with Gasteiger partial charge in [-0.15, -0.1) is 0 Å². The Labute approximate surface area is 281 Å². The molecule has 2 fully saturated rings. The highest BCUT2D eigenvalue weighted by Gasteiger charge is 2.46. The number of hydrogen-bond acceptors (Lipinski definition) is 9. The van der Waals surface area contributed by atoms with Crippen LogP contribution < -0.4 is 21.1 Å². The lowest BCUT2D eigenvalue weighted by Crippen LogP contribution is -2.43. The van der Waals surface area contributed by atoms with E-state index in [4.69, 9.17) is 16.5 Å². The summed E-state index contributed by atoms with van der Waals surface area (Å²) in [6, 6.07) is 6.01. The van der Waals surface area contributed by atoms with E-state index in [2.05, 4.69) is 50.4 Å². The van der Waals surface area contributed by atoms with E-state index in [9.17, 15) is 18.0 Å². The van der Waals surface area contributed by atoms with Crippen LogP contribution in [0.5, 0.6) is 0 Å². The lowest BCUT2D eigenvalue weighted by molar-refractivity contribution is -0.132. The molecular formula is C35H53N7O4S. The van der Waals surface area contributed by atoms with E-state index in [1.807, 2.05) is 16.7 Å². The minimum Gasteiger partial charge on any atom is -0.384 e. The van der Waals surface area contributed by atoms with Crippen molar-refractivity contribution in [1.29, 1.82) is 0 Å². The maximum atomic E-state index is 14.1. The van der Waals surface area contributed by atoms with E-state index in [0.717, 1.165) is 29.7 Å². The highest BCUT2D eigenvalue weighted by molar-refractivity contribution is 7.90. The Morgan fingerprint density at radius 2 is 1.81 bits per heavy atom. The van der Waals surface area contributed by atoms with E-state index < -0.39 is 32.4 Å². The smallest absolute Gasteiger partial charge is 0.281 e. The largest absolute Gasteiger partial charge is 0.384 e. The van der Waals surface area contributed by atoms with Gasteiger partial charge < -0.3 is 21.3 Å². The molecule has 258 valence electrons. The van der Waals surface area contributed by atoms with Crippen LogP contribution in [0, 0.1) is 5.92 Å². The van der Waals surface area contributed by atoms with Crippen molar-refractivity contribution in [2.24, 2.45) is 11.7 Å². The highest BCUT2D eigenvalue weighted by atomic mass is 32.2. The third-order valence-electron chi connectivity index (χ3n) is 9.64. The molecule has 0 spiro atoms. The summed E-state index contributed by atoms with van der Waals surface area (Å²) < 4.78 is 28.9. The fourth-order valence-electron chi connectivity index (χ4n) is 7.49. The predicted octanol–water partition coefficient (Wildman–Crippen LogP) is 5.01. The van der Waals surface area contributed by atoms with Crippen molar-refractivity contribution in [2.75, 3.05) is 30.3 Å². The number of aromatic nitrogens is 2. The second kappa shape index (κ2) is 12.8. The van der Waals surface area contributed by atoms with Crippen molar-refractivity contribution in [3.8, 4) is 0 Å². The standard InChI is InChI=1S/C35H51N7O4S.H2/c1-33(2,3)30-25(24-15-17-41(18-16-24)29(43)19-23-11-8-7-9-12-23)20-26(31(39-30)42-22-35(6,37)21-34(42,4)5)32(44)40-47(45,46)28-14-10-13-27(36)38-28;/h10,13-15,20,23H,7-9,11-12,16-19,21-22,37H2,1-6H3,(H2,36,38)(H,40,44);1H/t35-;/m1./s1. The minimum absolute atomic E-state index is 0. The van der Waals surface area contributed by atoms with Crippen LogP contribution in [0.3, 0.4) is 0 Å². The van der Waals surface area contributed by atoms with Gasteiger partial charge >= 0.3 is 0 Å². The average Bonchev–Trinajstić information content (AvgIpc) is 3.22. The first-order valence-corrected chi connectivity index (χ1v) is 18.2. The first-order valence-electron chi connectivity index (χ1n) is 16.8. The maximum absolute atomic E-state index is 14.1. The minimum atomic E-state index is -4.35. The molecule has 0 bridgehead atoms. The summed E-state index contributed by atoms with van der Waals surface area (Å²) in [5.41, 5.74) is 13.6. The first kappa shape index (κ1) is 34.8. The molecule has 4 heterocycles. The molecule has 11 nitrogen and oxygen atoms in total. The van der Waals surface area contributed by atoms with Crippen LogP contribution in [0.25, 0.3) is 5.57 Å². The number of hydrogen-bond donors (Lipinski definition) is 3. The van der Waals surface area contributed by atoms with Gasteiger partial charge in [0.15, 0.2) is 5.03 Å². The number of nitrogens with one attached hydrogen (secondary N) is 1. The third kappa shape index (κ3) is 7.80. The van der Waals surface area contributed by atoms with Crippen LogP contribution in [0.2, 0.25) is 0 Å². The van der Waals surface area contributed by atoms with E-state index in [1.54, 1.807) is 6.07 Å². The fraction of sp³-hybridized carbons (Fsp3) is 0.600. The van der Waals surface area contributed by atoms with Gasteiger partial charge in [0, 0.05) is 49.5 Å². The van der Waals surface area contributed by atoms with Crippen molar-refractivity contribution in [3.63, 3.8) is 0 Å². The van der Waals surface area contributed by atoms with Gasteiger partial charge in [-0.25, -0.2) is 14.7 Å². The van der Waals surface area contributed by atoms with E-state index in [1.165, 1.54) is 37.5 Å². The molecule has 0 unspecified atom stereocenters. The van der Waals surface area contributed by atoms with Gasteiger partial charge in [-0.1, -0.05) is 52.2 Å². The predicted molar refractivity (Wildman–Crippen MR) is 187 cm³/mol. The number of sulfonamides is 1. The fourth-order valence-corrected chi connectivity index (χ4v) is 8.43. The third-order valence-corrected chi connectivity index (χ3v) is 10.9. The van der Waals surface area contributed by atoms with Gasteiger partial charge in [-0.05, 0) is 76.1 Å². The van der Waals surface area contributed by atoms with Gasteiger partial charge in [0.1, 0.15) is 11.6 Å². The molecule has 0 radical (unpaired) electrons. The molecule has 1 saturated carbocycles. The van der Waals surface area contributed by atoms with Gasteiger partial charge in [-0.3, -0.25) is 9.59 Å². The van der Waals surface area contributed by atoms with Crippen molar-refractivity contribution >= 4 is 39.0 Å². The van der Waals surface area contributed by atoms with Crippen LogP contribution in [-0.4, -0.2) is 65.8 Å². The van der Waals surface area contributed by atoms with Gasteiger partial charge in [-0.2, -0.15) is 8.42 Å². The number of nitrogens with two attached hydrogens (primary N) is 2. The summed E-state index contributed by atoms with van der Waals surface area (Å²) >= 11 is 0. The summed E-state index contributed by atoms with van der Waals surface area (Å²) in [5.74, 6) is 0.248. The summed E-state index contributed by atoms with van der Waals surface area (Å²) in [7, 11) is -4.35. The number of carbonyl (C=O) groups is 2. The Morgan fingerprint density at radius 1 is 1.11 bits per heavy atom. The van der Waals surface area contributed by atoms with Crippen LogP contribution in [-0.2, 0) is 20.2 Å². The molecule has 47 heavy (non-hydrogen) atoms. The number of amides is 2. The number of rotatable bonds is 7. The zero-order valence-electron chi connectivity index (χ0n) is 28.7. The maximum Gasteiger partial charge on any atom is 0.281 e. The van der Waals surface area contributed by atoms with Gasteiger partial charge in [0.25, 0.3) is 15.9 Å². The number of nitrogens with zero attached hydrogens (tertiary/aromatic N) is 4. The van der Waals surface area contributed by atoms with Crippen LogP contribution in [0.15, 0.2) is 35.4 Å². The van der Waals surface area contributed by atoms with Crippen molar-refractivity contribution in [2.45, 2.75) is 114 Å². The molecule has 2 aliphatic heterocycles. The number of pyridine rings is 2. The highest BCUT2D eigenvalue weighted by Crippen LogP contribution is 2.42. The lowest BCUT2D eigenvalue weighted by Gasteiger charge is -2.36. The van der Waals surface area contributed by atoms with Crippen molar-refractivity contribution in [1.82, 2.24) is 19.6 Å². The van der Waals surface area contributed by atoms with Crippen LogP contribution in [0.1, 0.15) is 116 Å². The number of anilines is 2. The normalized spacial score (nSPS) is 22.2. The molecule has 1 atom stereocenters. The SMILES string of the molecule is CC(C)(C)c1nc(N2C[C@](C)(N)CC2(C)C)c(C(=O)NS(=O)(=O)c2cccc(N)n2)cc1C1=CCN(C(=O)CC2CCCCC2)CC1.[HH]. The Balaban J connectivity index is 0.00000520. The molecular weight excluding hydrogens is 614 g/mol. The molecule has 0 aromatic carbocycles. The summed E-state index contributed by atoms with van der Waals surface area (Å²) in [5, 5.41) is -0.351. The first-order chi connectivity index (χ1) is 21.9. The summed E-state index contributed by atoms with van der Waals surface area (Å²) in [6.07, 6.45) is 9.81. The molecule has 2 aromatic heterocycles. The monoisotopic (exact) mass is 667 g/mol. The Kier molecular flexibility index (Phi) is 9.51. The van der Waals surface area contributed by atoms with Crippen LogP contribution >= 0.6 is 0 Å². The zero-order chi connectivity index (χ0) is 34.4. The molecule has 2 aromatic rings. The van der Waals surface area contributed by atoms with E-state index >= 15 is 0 Å².